The Morgan fingerprint density at radius 1 is 1.05 bits per heavy atom. The normalized spacial score (nSPS) is 21.0. The molecule has 0 heterocycles. The molecule has 1 saturated carbocycles. The summed E-state index contributed by atoms with van der Waals surface area (Å²) >= 11 is 0. The molecule has 0 unspecified atom stereocenters. The molecule has 2 aromatic carbocycles. The third-order valence-electron chi connectivity index (χ3n) is 6.55. The van der Waals surface area contributed by atoms with Gasteiger partial charge in [0.2, 0.25) is 0 Å². The smallest absolute Gasteiger partial charge is 0.381 e. The van der Waals surface area contributed by atoms with E-state index in [0.29, 0.717) is 18.7 Å². The van der Waals surface area contributed by atoms with E-state index in [9.17, 15) is 30.8 Å². The summed E-state index contributed by atoms with van der Waals surface area (Å²) in [6.45, 7) is 6.75. The third-order valence-corrected chi connectivity index (χ3v) is 10.8. The van der Waals surface area contributed by atoms with Crippen molar-refractivity contribution in [2.45, 2.75) is 60.8 Å². The molecule has 0 spiro atoms. The Hall–Kier alpha value is -1.76. The summed E-state index contributed by atoms with van der Waals surface area (Å²) in [6, 6.07) is 6.16. The van der Waals surface area contributed by atoms with Gasteiger partial charge in [0, 0.05) is 32.6 Å². The van der Waals surface area contributed by atoms with Crippen molar-refractivity contribution >= 4 is 37.2 Å². The van der Waals surface area contributed by atoms with Crippen molar-refractivity contribution in [3.63, 3.8) is 0 Å². The molecule has 2 aromatic rings. The number of rotatable bonds is 8. The number of benzene rings is 2. The van der Waals surface area contributed by atoms with E-state index in [-0.39, 0.29) is 45.1 Å². The maximum Gasteiger partial charge on any atom is 0.416 e. The fourth-order valence-electron chi connectivity index (χ4n) is 4.43. The van der Waals surface area contributed by atoms with Crippen LogP contribution in [-0.2, 0) is 30.3 Å². The second-order valence-corrected chi connectivity index (χ2v) is 18.3. The van der Waals surface area contributed by atoms with Crippen LogP contribution >= 0.6 is 13.5 Å². The lowest BCUT2D eigenvalue weighted by atomic mass is 9.76. The van der Waals surface area contributed by atoms with Gasteiger partial charge in [0.15, 0.2) is 9.84 Å². The highest BCUT2D eigenvalue weighted by atomic mass is 32.2. The van der Waals surface area contributed by atoms with Crippen LogP contribution in [0, 0.1) is 17.6 Å². The van der Waals surface area contributed by atoms with Gasteiger partial charge in [-0.2, -0.15) is 26.7 Å². The Kier molecular flexibility index (Phi) is 9.81. The Bertz CT molecular complexity index is 1210. The molecule has 4 nitrogen and oxygen atoms in total. The van der Waals surface area contributed by atoms with Crippen LogP contribution in [-0.4, -0.2) is 35.5 Å². The number of sulfone groups is 1. The summed E-state index contributed by atoms with van der Waals surface area (Å²) in [5.41, 5.74) is -1.48. The number of halogens is 5. The van der Waals surface area contributed by atoms with E-state index >= 15 is 4.39 Å². The summed E-state index contributed by atoms with van der Waals surface area (Å²) in [6.07, 6.45) is -5.61. The molecule has 0 bridgehead atoms. The quantitative estimate of drug-likeness (QED) is 0.203. The molecule has 0 aromatic heterocycles. The Labute approximate surface area is 222 Å². The molecular formula is C25H31F5O4S2Si. The van der Waals surface area contributed by atoms with Crippen LogP contribution in [0.1, 0.15) is 30.4 Å². The maximum absolute atomic E-state index is 15.0. The van der Waals surface area contributed by atoms with E-state index < -0.39 is 62.4 Å². The first kappa shape index (κ1) is 31.5. The van der Waals surface area contributed by atoms with E-state index in [1.165, 1.54) is 0 Å². The molecule has 3 rings (SSSR count). The monoisotopic (exact) mass is 582 g/mol. The van der Waals surface area contributed by atoms with Crippen molar-refractivity contribution in [3.8, 4) is 0 Å². The topological polar surface area (TPSA) is 60.4 Å². The van der Waals surface area contributed by atoms with Gasteiger partial charge in [-0.3, -0.25) is 4.79 Å². The first-order chi connectivity index (χ1) is 16.6. The highest BCUT2D eigenvalue weighted by Crippen LogP contribution is 2.49. The molecule has 0 aliphatic heterocycles. The van der Waals surface area contributed by atoms with E-state index in [1.54, 1.807) is 0 Å². The van der Waals surface area contributed by atoms with Crippen LogP contribution in [0.25, 0.3) is 0 Å². The van der Waals surface area contributed by atoms with Crippen LogP contribution in [0.15, 0.2) is 47.4 Å². The van der Waals surface area contributed by atoms with Gasteiger partial charge in [-0.25, -0.2) is 17.2 Å². The van der Waals surface area contributed by atoms with Crippen molar-refractivity contribution in [1.29, 1.82) is 0 Å². The van der Waals surface area contributed by atoms with Crippen molar-refractivity contribution in [2.75, 3.05) is 13.2 Å². The lowest BCUT2D eigenvalue weighted by Crippen LogP contribution is -2.45. The molecule has 206 valence electrons. The average Bonchev–Trinajstić information content (AvgIpc) is 2.78. The Morgan fingerprint density at radius 2 is 1.68 bits per heavy atom. The predicted octanol–water partition coefficient (Wildman–Crippen LogP) is 6.49. The van der Waals surface area contributed by atoms with E-state index in [4.69, 9.17) is 4.74 Å². The fraction of sp³-hybridized carbons (Fsp3) is 0.480. The second-order valence-electron chi connectivity index (χ2n) is 10.4. The molecule has 1 aliphatic carbocycles. The standard InChI is InChI=1S/C25H29F5O4SSi.H2S/c1-36(2,3)13-12-34-16-17-15-24(11-10-23(17)31,21-14-19(26)6-9-22(21)27)35(32,33)20-7-4-18(5-8-20)25(28,29)30;/h4-9,14,17H,10-13,15-16H2,1-3H3;1H2/t17-,24+;/m0./s1. The van der Waals surface area contributed by atoms with Gasteiger partial charge in [0.05, 0.1) is 17.1 Å². The zero-order valence-corrected chi connectivity index (χ0v) is 23.6. The molecule has 2 atom stereocenters. The number of alkyl halides is 3. The van der Waals surface area contributed by atoms with E-state index in [1.807, 2.05) is 0 Å². The number of ketones is 1. The van der Waals surface area contributed by atoms with Crippen molar-refractivity contribution < 1.29 is 39.9 Å². The number of Topliss-reactive ketones (excluding diaryl/α,β-unsaturated/α-hetero) is 1. The van der Waals surface area contributed by atoms with Gasteiger partial charge in [-0.15, -0.1) is 0 Å². The first-order valence-corrected chi connectivity index (χ1v) is 16.7. The number of carbonyl (C=O) groups is 1. The SMILES string of the molecule is C[Si](C)(C)CCOC[C@@H]1C[C@](c2cc(F)ccc2F)(S(=O)(=O)c2ccc(C(F)(F)F)cc2)CCC1=O.S. The molecule has 12 heteroatoms. The van der Waals surface area contributed by atoms with Gasteiger partial charge in [0.25, 0.3) is 0 Å². The highest BCUT2D eigenvalue weighted by Gasteiger charge is 2.53. The molecule has 0 radical (unpaired) electrons. The van der Waals surface area contributed by atoms with Crippen molar-refractivity contribution in [3.05, 3.63) is 65.2 Å². The molecule has 0 N–H and O–H groups in total. The minimum atomic E-state index is -4.68. The summed E-state index contributed by atoms with van der Waals surface area (Å²) in [7, 11) is -5.99. The number of hydrogen-bond acceptors (Lipinski definition) is 4. The summed E-state index contributed by atoms with van der Waals surface area (Å²) in [4.78, 5) is 12.3. The lowest BCUT2D eigenvalue weighted by molar-refractivity contribution is -0.137. The summed E-state index contributed by atoms with van der Waals surface area (Å²) in [5.74, 6) is -2.99. The van der Waals surface area contributed by atoms with Gasteiger partial charge >= 0.3 is 6.18 Å². The van der Waals surface area contributed by atoms with Gasteiger partial charge in [-0.1, -0.05) is 19.6 Å². The van der Waals surface area contributed by atoms with E-state index in [0.717, 1.165) is 36.4 Å². The number of carbonyl (C=O) groups excluding carboxylic acids is 1. The molecule has 1 fully saturated rings. The molecule has 37 heavy (non-hydrogen) atoms. The third kappa shape index (κ3) is 7.01. The van der Waals surface area contributed by atoms with Gasteiger partial charge in [0.1, 0.15) is 22.2 Å². The number of ether oxygens (including phenoxy) is 1. The van der Waals surface area contributed by atoms with Crippen LogP contribution in [0.5, 0.6) is 0 Å². The first-order valence-electron chi connectivity index (χ1n) is 11.5. The van der Waals surface area contributed by atoms with Crippen LogP contribution in [0.4, 0.5) is 22.0 Å². The zero-order valence-electron chi connectivity index (χ0n) is 20.8. The van der Waals surface area contributed by atoms with E-state index in [2.05, 4.69) is 19.6 Å². The van der Waals surface area contributed by atoms with Gasteiger partial charge in [-0.05, 0) is 61.4 Å². The number of hydrogen-bond donors (Lipinski definition) is 0. The van der Waals surface area contributed by atoms with Crippen LogP contribution < -0.4 is 0 Å². The molecular weight excluding hydrogens is 551 g/mol. The van der Waals surface area contributed by atoms with Crippen LogP contribution in [0.3, 0.4) is 0 Å². The largest absolute Gasteiger partial charge is 0.416 e. The maximum atomic E-state index is 15.0. The minimum absolute atomic E-state index is 0. The Balaban J connectivity index is 0.00000481. The fourth-order valence-corrected chi connectivity index (χ4v) is 7.37. The minimum Gasteiger partial charge on any atom is -0.381 e. The molecule has 0 saturated heterocycles. The van der Waals surface area contributed by atoms with Crippen molar-refractivity contribution in [2.24, 2.45) is 5.92 Å². The summed E-state index contributed by atoms with van der Waals surface area (Å²) in [5, 5.41) is 0. The lowest BCUT2D eigenvalue weighted by Gasteiger charge is -2.40. The van der Waals surface area contributed by atoms with Crippen LogP contribution in [0.2, 0.25) is 25.7 Å². The molecule has 1 aliphatic rings. The van der Waals surface area contributed by atoms with Crippen molar-refractivity contribution in [1.82, 2.24) is 0 Å². The highest BCUT2D eigenvalue weighted by molar-refractivity contribution is 7.92. The zero-order chi connectivity index (χ0) is 26.9. The van der Waals surface area contributed by atoms with Gasteiger partial charge < -0.3 is 4.74 Å². The Morgan fingerprint density at radius 3 is 2.24 bits per heavy atom. The second kappa shape index (κ2) is 11.5. The predicted molar refractivity (Wildman–Crippen MR) is 138 cm³/mol. The average molecular weight is 583 g/mol. The molecule has 0 amide bonds. The summed E-state index contributed by atoms with van der Waals surface area (Å²) < 4.78 is 99.9.